The number of likely N-dealkylation sites (tertiary alicyclic amines) is 1. The number of carbonyl (C=O) groups excluding carboxylic acids is 3. The molecule has 1 fully saturated rings. The molecule has 0 bridgehead atoms. The van der Waals surface area contributed by atoms with E-state index in [-0.39, 0.29) is 41.5 Å². The molecule has 2 aliphatic carbocycles. The Morgan fingerprint density at radius 2 is 1.76 bits per heavy atom. The fourth-order valence-corrected chi connectivity index (χ4v) is 5.08. The predicted molar refractivity (Wildman–Crippen MR) is 111 cm³/mol. The lowest BCUT2D eigenvalue weighted by Gasteiger charge is -2.31. The van der Waals surface area contributed by atoms with E-state index in [1.165, 1.54) is 10.5 Å². The first-order valence-corrected chi connectivity index (χ1v) is 10.9. The highest BCUT2D eigenvalue weighted by atomic mass is 16.2. The van der Waals surface area contributed by atoms with Crippen LogP contribution in [0.4, 0.5) is 0 Å². The van der Waals surface area contributed by atoms with Gasteiger partial charge in [0, 0.05) is 0 Å². The molecule has 5 nitrogen and oxygen atoms in total. The lowest BCUT2D eigenvalue weighted by molar-refractivity contribution is -0.148. The summed E-state index contributed by atoms with van der Waals surface area (Å²) >= 11 is 0. The summed E-state index contributed by atoms with van der Waals surface area (Å²) in [5, 5.41) is 3.18. The number of nitrogens with zero attached hydrogens (tertiary/aromatic N) is 1. The van der Waals surface area contributed by atoms with Crippen LogP contribution in [0.5, 0.6) is 0 Å². The number of rotatable bonds is 5. The fraction of sp³-hybridized carbons (Fsp3) is 0.542. The van der Waals surface area contributed by atoms with Gasteiger partial charge in [-0.15, -0.1) is 0 Å². The summed E-state index contributed by atoms with van der Waals surface area (Å²) in [4.78, 5) is 40.8. The third kappa shape index (κ3) is 3.75. The quantitative estimate of drug-likeness (QED) is 0.614. The molecule has 0 saturated carbocycles. The van der Waals surface area contributed by atoms with Gasteiger partial charge in [-0.2, -0.15) is 0 Å². The fourth-order valence-electron chi connectivity index (χ4n) is 5.08. The van der Waals surface area contributed by atoms with E-state index in [4.69, 9.17) is 0 Å². The summed E-state index contributed by atoms with van der Waals surface area (Å²) in [6, 6.07) is 7.43. The maximum absolute atomic E-state index is 13.4. The second kappa shape index (κ2) is 8.13. The van der Waals surface area contributed by atoms with Crippen LogP contribution >= 0.6 is 0 Å². The summed E-state index contributed by atoms with van der Waals surface area (Å²) in [7, 11) is 0. The standard InChI is InChI=1S/C24H30N2O3/c1-15(2)14-21(26-23(28)18-11-5-6-12-19(18)24(26)29)22(27)25-20-13-7-9-16-8-3-4-10-17(16)20/h3-6,8,10,15,18-21H,7,9,11-14H2,1-2H3,(H,25,27)/t18-,19+,20-,21+/m1/s1. The molecule has 29 heavy (non-hydrogen) atoms. The van der Waals surface area contributed by atoms with Crippen LogP contribution in [-0.4, -0.2) is 28.7 Å². The molecule has 154 valence electrons. The van der Waals surface area contributed by atoms with Gasteiger partial charge in [-0.05, 0) is 55.6 Å². The third-order valence-electron chi connectivity index (χ3n) is 6.54. The first-order chi connectivity index (χ1) is 14.0. The van der Waals surface area contributed by atoms with Gasteiger partial charge in [0.15, 0.2) is 0 Å². The Bertz CT molecular complexity index is 818. The Morgan fingerprint density at radius 3 is 2.41 bits per heavy atom. The zero-order chi connectivity index (χ0) is 20.5. The molecule has 4 atom stereocenters. The van der Waals surface area contributed by atoms with Crippen molar-refractivity contribution in [1.82, 2.24) is 10.2 Å². The maximum atomic E-state index is 13.4. The normalized spacial score (nSPS) is 27.0. The maximum Gasteiger partial charge on any atom is 0.243 e. The van der Waals surface area contributed by atoms with E-state index in [9.17, 15) is 14.4 Å². The molecule has 1 aromatic rings. The molecule has 1 aromatic carbocycles. The second-order valence-electron chi connectivity index (χ2n) is 9.00. The van der Waals surface area contributed by atoms with E-state index in [0.29, 0.717) is 19.3 Å². The minimum atomic E-state index is -0.727. The van der Waals surface area contributed by atoms with Crippen molar-refractivity contribution in [3.63, 3.8) is 0 Å². The van der Waals surface area contributed by atoms with Crippen LogP contribution in [0.3, 0.4) is 0 Å². The first kappa shape index (κ1) is 19.9. The van der Waals surface area contributed by atoms with Crippen molar-refractivity contribution in [3.05, 3.63) is 47.5 Å². The molecule has 0 radical (unpaired) electrons. The third-order valence-corrected chi connectivity index (χ3v) is 6.54. The number of hydrogen-bond acceptors (Lipinski definition) is 3. The molecule has 1 aliphatic heterocycles. The van der Waals surface area contributed by atoms with Crippen LogP contribution in [0, 0.1) is 17.8 Å². The number of imide groups is 1. The van der Waals surface area contributed by atoms with Crippen molar-refractivity contribution < 1.29 is 14.4 Å². The van der Waals surface area contributed by atoms with Gasteiger partial charge in [0.2, 0.25) is 17.7 Å². The molecular weight excluding hydrogens is 364 g/mol. The van der Waals surface area contributed by atoms with E-state index < -0.39 is 6.04 Å². The van der Waals surface area contributed by atoms with Gasteiger partial charge in [0.05, 0.1) is 17.9 Å². The number of aryl methyl sites for hydroxylation is 1. The Labute approximate surface area is 172 Å². The van der Waals surface area contributed by atoms with Crippen LogP contribution in [-0.2, 0) is 20.8 Å². The minimum Gasteiger partial charge on any atom is -0.347 e. The number of hydrogen-bond donors (Lipinski definition) is 1. The van der Waals surface area contributed by atoms with Crippen molar-refractivity contribution in [1.29, 1.82) is 0 Å². The Balaban J connectivity index is 1.57. The number of carbonyl (C=O) groups is 3. The SMILES string of the molecule is CC(C)C[C@@H](C(=O)N[C@@H]1CCCc2ccccc21)N1C(=O)[C@H]2CC=CC[C@H]2C1=O. The highest BCUT2D eigenvalue weighted by Gasteiger charge is 2.51. The lowest BCUT2D eigenvalue weighted by Crippen LogP contribution is -2.51. The summed E-state index contributed by atoms with van der Waals surface area (Å²) in [5.41, 5.74) is 2.43. The topological polar surface area (TPSA) is 66.5 Å². The van der Waals surface area contributed by atoms with E-state index in [0.717, 1.165) is 24.8 Å². The zero-order valence-electron chi connectivity index (χ0n) is 17.3. The molecule has 0 spiro atoms. The van der Waals surface area contributed by atoms with Crippen molar-refractivity contribution >= 4 is 17.7 Å². The van der Waals surface area contributed by atoms with E-state index in [1.807, 2.05) is 38.1 Å². The van der Waals surface area contributed by atoms with Gasteiger partial charge in [0.25, 0.3) is 0 Å². The van der Waals surface area contributed by atoms with Gasteiger partial charge in [-0.3, -0.25) is 19.3 Å². The molecule has 3 amide bonds. The Morgan fingerprint density at radius 1 is 1.10 bits per heavy atom. The van der Waals surface area contributed by atoms with Gasteiger partial charge in [-0.25, -0.2) is 0 Å². The van der Waals surface area contributed by atoms with Crippen molar-refractivity contribution in [2.75, 3.05) is 0 Å². The highest BCUT2D eigenvalue weighted by Crippen LogP contribution is 2.37. The Kier molecular flexibility index (Phi) is 5.57. The molecular formula is C24H30N2O3. The van der Waals surface area contributed by atoms with Gasteiger partial charge in [-0.1, -0.05) is 50.3 Å². The van der Waals surface area contributed by atoms with E-state index >= 15 is 0 Å². The van der Waals surface area contributed by atoms with Gasteiger partial charge < -0.3 is 5.32 Å². The largest absolute Gasteiger partial charge is 0.347 e. The minimum absolute atomic E-state index is 0.0566. The first-order valence-electron chi connectivity index (χ1n) is 10.9. The van der Waals surface area contributed by atoms with Crippen LogP contribution in [0.1, 0.15) is 63.1 Å². The second-order valence-corrected chi connectivity index (χ2v) is 9.00. The summed E-state index contributed by atoms with van der Waals surface area (Å²) in [6.45, 7) is 4.05. The molecule has 4 rings (SSSR count). The number of benzene rings is 1. The number of amides is 3. The smallest absolute Gasteiger partial charge is 0.243 e. The summed E-state index contributed by atoms with van der Waals surface area (Å²) in [5.74, 6) is -0.946. The Hall–Kier alpha value is -2.43. The monoisotopic (exact) mass is 394 g/mol. The molecule has 1 heterocycles. The predicted octanol–water partition coefficient (Wildman–Crippen LogP) is 3.55. The van der Waals surface area contributed by atoms with Crippen LogP contribution < -0.4 is 5.32 Å². The number of allylic oxidation sites excluding steroid dienone is 2. The summed E-state index contributed by atoms with van der Waals surface area (Å²) in [6.07, 6.45) is 8.57. The zero-order valence-corrected chi connectivity index (χ0v) is 17.3. The molecule has 1 saturated heterocycles. The van der Waals surface area contributed by atoms with Crippen molar-refractivity contribution in [2.45, 2.75) is 64.5 Å². The average molecular weight is 395 g/mol. The number of fused-ring (bicyclic) bond motifs is 2. The average Bonchev–Trinajstić information content (AvgIpc) is 2.97. The van der Waals surface area contributed by atoms with Crippen LogP contribution in [0.15, 0.2) is 36.4 Å². The highest BCUT2D eigenvalue weighted by molar-refractivity contribution is 6.08. The molecule has 0 aromatic heterocycles. The molecule has 3 aliphatic rings. The molecule has 5 heteroatoms. The molecule has 0 unspecified atom stereocenters. The van der Waals surface area contributed by atoms with E-state index in [1.54, 1.807) is 0 Å². The number of nitrogens with one attached hydrogen (secondary N) is 1. The van der Waals surface area contributed by atoms with Crippen molar-refractivity contribution in [2.24, 2.45) is 17.8 Å². The van der Waals surface area contributed by atoms with Crippen LogP contribution in [0.2, 0.25) is 0 Å². The van der Waals surface area contributed by atoms with Crippen molar-refractivity contribution in [3.8, 4) is 0 Å². The van der Waals surface area contributed by atoms with Gasteiger partial charge >= 0.3 is 0 Å². The van der Waals surface area contributed by atoms with Crippen LogP contribution in [0.25, 0.3) is 0 Å². The summed E-state index contributed by atoms with van der Waals surface area (Å²) < 4.78 is 0. The lowest BCUT2D eigenvalue weighted by atomic mass is 9.85. The van der Waals surface area contributed by atoms with E-state index in [2.05, 4.69) is 17.4 Å². The van der Waals surface area contributed by atoms with Gasteiger partial charge in [0.1, 0.15) is 6.04 Å². The molecule has 1 N–H and O–H groups in total.